The lowest BCUT2D eigenvalue weighted by molar-refractivity contribution is -0.113. The maximum Gasteiger partial charge on any atom is 0.236 e. The smallest absolute Gasteiger partial charge is 0.236 e. The summed E-state index contributed by atoms with van der Waals surface area (Å²) in [4.78, 5) is 20.2. The van der Waals surface area contributed by atoms with Crippen LogP contribution in [0.25, 0.3) is 11.4 Å². The fourth-order valence-electron chi connectivity index (χ4n) is 2.15. The van der Waals surface area contributed by atoms with Crippen LogP contribution in [0.4, 0.5) is 5.82 Å². The lowest BCUT2D eigenvalue weighted by atomic mass is 10.2. The number of hydrogen-bond acceptors (Lipinski definition) is 6. The topological polar surface area (TPSA) is 85.6 Å². The number of carbonyl (C=O) groups excluding carboxylic acids is 1. The number of aromatic nitrogens is 5. The van der Waals surface area contributed by atoms with Crippen LogP contribution >= 0.6 is 27.7 Å². The van der Waals surface area contributed by atoms with Crippen molar-refractivity contribution in [2.24, 2.45) is 0 Å². The van der Waals surface area contributed by atoms with Crippen molar-refractivity contribution in [3.8, 4) is 11.4 Å². The quantitative estimate of drug-likeness (QED) is 0.618. The van der Waals surface area contributed by atoms with Crippen LogP contribution in [0.5, 0.6) is 0 Å². The highest BCUT2D eigenvalue weighted by Crippen LogP contribution is 2.23. The van der Waals surface area contributed by atoms with E-state index in [4.69, 9.17) is 0 Å². The molecule has 1 N–H and O–H groups in total. The molecular weight excluding hydrogens is 404 g/mol. The van der Waals surface area contributed by atoms with Gasteiger partial charge < -0.3 is 9.88 Å². The van der Waals surface area contributed by atoms with E-state index >= 15 is 0 Å². The molecule has 0 radical (unpaired) electrons. The number of halogens is 1. The minimum atomic E-state index is -0.143. The third-order valence-electron chi connectivity index (χ3n) is 3.30. The van der Waals surface area contributed by atoms with Crippen LogP contribution in [0.3, 0.4) is 0 Å². The molecule has 3 aromatic rings. The van der Waals surface area contributed by atoms with Crippen LogP contribution in [0.1, 0.15) is 6.92 Å². The summed E-state index contributed by atoms with van der Waals surface area (Å²) >= 11 is 4.65. The predicted molar refractivity (Wildman–Crippen MR) is 100 cm³/mol. The molecule has 25 heavy (non-hydrogen) atoms. The summed E-state index contributed by atoms with van der Waals surface area (Å²) in [6.07, 6.45) is 5.07. The molecule has 3 rings (SSSR count). The van der Waals surface area contributed by atoms with E-state index in [-0.39, 0.29) is 11.7 Å². The monoisotopic (exact) mass is 418 g/mol. The summed E-state index contributed by atoms with van der Waals surface area (Å²) in [6.45, 7) is 2.73. The van der Waals surface area contributed by atoms with Crippen molar-refractivity contribution < 1.29 is 4.79 Å². The van der Waals surface area contributed by atoms with Crippen molar-refractivity contribution in [2.45, 2.75) is 18.6 Å². The standard InChI is InChI=1S/C16H15BrN6OS/c1-2-23-15(11-5-7-18-8-6-11)21-22-16(23)25-10-14(24)20-13-4-3-12(17)9-19-13/h3-9H,2,10H2,1H3,(H,19,20,24). The number of anilines is 1. The molecule has 1 amide bonds. The van der Waals surface area contributed by atoms with E-state index in [0.717, 1.165) is 15.9 Å². The van der Waals surface area contributed by atoms with Gasteiger partial charge in [-0.2, -0.15) is 0 Å². The van der Waals surface area contributed by atoms with Crippen LogP contribution in [-0.4, -0.2) is 36.4 Å². The summed E-state index contributed by atoms with van der Waals surface area (Å²) in [5, 5.41) is 11.9. The van der Waals surface area contributed by atoms with Crippen molar-refractivity contribution >= 4 is 39.4 Å². The first-order chi connectivity index (χ1) is 12.2. The van der Waals surface area contributed by atoms with E-state index in [1.807, 2.05) is 29.7 Å². The highest BCUT2D eigenvalue weighted by molar-refractivity contribution is 9.10. The van der Waals surface area contributed by atoms with Crippen LogP contribution in [0.15, 0.2) is 52.5 Å². The lowest BCUT2D eigenvalue weighted by Gasteiger charge is -2.07. The van der Waals surface area contributed by atoms with Gasteiger partial charge in [0, 0.05) is 35.2 Å². The Morgan fingerprint density at radius 3 is 2.72 bits per heavy atom. The Labute approximate surface area is 157 Å². The third-order valence-corrected chi connectivity index (χ3v) is 4.73. The zero-order valence-corrected chi connectivity index (χ0v) is 15.8. The van der Waals surface area contributed by atoms with Crippen LogP contribution < -0.4 is 5.32 Å². The summed E-state index contributed by atoms with van der Waals surface area (Å²) in [6, 6.07) is 7.33. The van der Waals surface area contributed by atoms with Gasteiger partial charge in [0.15, 0.2) is 11.0 Å². The van der Waals surface area contributed by atoms with Crippen molar-refractivity contribution in [2.75, 3.05) is 11.1 Å². The molecule has 3 aromatic heterocycles. The van der Waals surface area contributed by atoms with Gasteiger partial charge in [0.05, 0.1) is 5.75 Å². The SMILES string of the molecule is CCn1c(SCC(=O)Nc2ccc(Br)cn2)nnc1-c1ccncc1. The average Bonchev–Trinajstić information content (AvgIpc) is 3.05. The second-order valence-electron chi connectivity index (χ2n) is 4.98. The number of carbonyl (C=O) groups is 1. The summed E-state index contributed by atoms with van der Waals surface area (Å²) < 4.78 is 2.84. The van der Waals surface area contributed by atoms with Gasteiger partial charge in [-0.15, -0.1) is 10.2 Å². The molecule has 0 aliphatic heterocycles. The molecule has 0 aromatic carbocycles. The van der Waals surface area contributed by atoms with Gasteiger partial charge in [-0.25, -0.2) is 4.98 Å². The Balaban J connectivity index is 1.66. The Hall–Kier alpha value is -2.26. The van der Waals surface area contributed by atoms with Crippen molar-refractivity contribution in [3.63, 3.8) is 0 Å². The number of pyridine rings is 2. The molecule has 0 aliphatic rings. The summed E-state index contributed by atoms with van der Waals surface area (Å²) in [7, 11) is 0. The Morgan fingerprint density at radius 2 is 2.04 bits per heavy atom. The number of thioether (sulfide) groups is 1. The highest BCUT2D eigenvalue weighted by atomic mass is 79.9. The summed E-state index contributed by atoms with van der Waals surface area (Å²) in [5.74, 6) is 1.37. The van der Waals surface area contributed by atoms with E-state index in [0.29, 0.717) is 17.5 Å². The number of amides is 1. The van der Waals surface area contributed by atoms with Gasteiger partial charge in [-0.3, -0.25) is 9.78 Å². The second kappa shape index (κ2) is 8.21. The number of nitrogens with zero attached hydrogens (tertiary/aromatic N) is 5. The second-order valence-corrected chi connectivity index (χ2v) is 6.84. The molecule has 0 spiro atoms. The van der Waals surface area contributed by atoms with Gasteiger partial charge in [0.25, 0.3) is 0 Å². The molecule has 0 atom stereocenters. The van der Waals surface area contributed by atoms with E-state index < -0.39 is 0 Å². The first-order valence-corrected chi connectivity index (χ1v) is 9.33. The fraction of sp³-hybridized carbons (Fsp3) is 0.188. The number of hydrogen-bond donors (Lipinski definition) is 1. The highest BCUT2D eigenvalue weighted by Gasteiger charge is 2.14. The molecule has 0 saturated heterocycles. The normalized spacial score (nSPS) is 10.6. The number of nitrogens with one attached hydrogen (secondary N) is 1. The Bertz CT molecular complexity index is 853. The fourth-order valence-corrected chi connectivity index (χ4v) is 3.19. The average molecular weight is 419 g/mol. The largest absolute Gasteiger partial charge is 0.310 e. The van der Waals surface area contributed by atoms with Crippen LogP contribution in [0.2, 0.25) is 0 Å². The van der Waals surface area contributed by atoms with E-state index in [1.165, 1.54) is 11.8 Å². The van der Waals surface area contributed by atoms with Gasteiger partial charge in [0.2, 0.25) is 5.91 Å². The van der Waals surface area contributed by atoms with E-state index in [9.17, 15) is 4.79 Å². The third kappa shape index (κ3) is 4.43. The van der Waals surface area contributed by atoms with E-state index in [2.05, 4.69) is 41.4 Å². The zero-order valence-electron chi connectivity index (χ0n) is 13.4. The van der Waals surface area contributed by atoms with Crippen molar-refractivity contribution in [1.82, 2.24) is 24.7 Å². The van der Waals surface area contributed by atoms with Gasteiger partial charge >= 0.3 is 0 Å². The molecule has 3 heterocycles. The molecule has 0 saturated carbocycles. The maximum atomic E-state index is 12.1. The zero-order chi connectivity index (χ0) is 17.6. The lowest BCUT2D eigenvalue weighted by Crippen LogP contribution is -2.15. The molecule has 7 nitrogen and oxygen atoms in total. The van der Waals surface area contributed by atoms with Crippen LogP contribution in [0, 0.1) is 0 Å². The van der Waals surface area contributed by atoms with E-state index in [1.54, 1.807) is 24.7 Å². The Kier molecular flexibility index (Phi) is 5.77. The minimum Gasteiger partial charge on any atom is -0.310 e. The molecule has 9 heteroatoms. The van der Waals surface area contributed by atoms with Crippen LogP contribution in [-0.2, 0) is 11.3 Å². The molecule has 0 aliphatic carbocycles. The van der Waals surface area contributed by atoms with Gasteiger partial charge in [-0.1, -0.05) is 11.8 Å². The minimum absolute atomic E-state index is 0.143. The van der Waals surface area contributed by atoms with Gasteiger partial charge in [-0.05, 0) is 47.1 Å². The summed E-state index contributed by atoms with van der Waals surface area (Å²) in [5.41, 5.74) is 0.944. The maximum absolute atomic E-state index is 12.1. The van der Waals surface area contributed by atoms with Crippen molar-refractivity contribution in [3.05, 3.63) is 47.3 Å². The predicted octanol–water partition coefficient (Wildman–Crippen LogP) is 3.25. The first-order valence-electron chi connectivity index (χ1n) is 7.55. The molecule has 128 valence electrons. The number of rotatable bonds is 6. The first kappa shape index (κ1) is 17.6. The van der Waals surface area contributed by atoms with Crippen molar-refractivity contribution in [1.29, 1.82) is 0 Å². The molecule has 0 fully saturated rings. The molecule has 0 unspecified atom stereocenters. The van der Waals surface area contributed by atoms with Gasteiger partial charge in [0.1, 0.15) is 5.82 Å². The molecule has 0 bridgehead atoms. The molecular formula is C16H15BrN6OS. The Morgan fingerprint density at radius 1 is 1.24 bits per heavy atom.